The second-order valence-electron chi connectivity index (χ2n) is 19.8. The number of carboxylic acid groups (broad SMARTS) is 1. The van der Waals surface area contributed by atoms with E-state index < -0.39 is 137 Å². The zero-order valence-electron chi connectivity index (χ0n) is 44.1. The average molecular weight is 1100 g/mol. The third kappa shape index (κ3) is 20.6. The van der Waals surface area contributed by atoms with Crippen molar-refractivity contribution in [3.63, 3.8) is 0 Å². The molecule has 0 aromatic carbocycles. The molecule has 2 aliphatic rings. The predicted octanol–water partition coefficient (Wildman–Crippen LogP) is -3.28. The number of nitrogens with two attached hydrogens (primary N) is 4. The summed E-state index contributed by atoms with van der Waals surface area (Å²) in [6, 6.07) is -11.8. The fourth-order valence-corrected chi connectivity index (χ4v) is 9.02. The fraction of sp³-hybridized carbons (Fsp3) is 0.745. The number of carboxylic acids is 1. The lowest BCUT2D eigenvalue weighted by Gasteiger charge is -2.32. The molecule has 16 N–H and O–H groups in total. The van der Waals surface area contributed by atoms with E-state index in [1.807, 2.05) is 13.8 Å². The lowest BCUT2D eigenvalue weighted by Crippen LogP contribution is -2.61. The van der Waals surface area contributed by atoms with Gasteiger partial charge in [0.2, 0.25) is 59.1 Å². The third-order valence-corrected chi connectivity index (χ3v) is 13.7. The number of likely N-dealkylation sites (tertiary alicyclic amines) is 2. The van der Waals surface area contributed by atoms with Crippen molar-refractivity contribution in [2.24, 2.45) is 45.7 Å². The minimum Gasteiger partial charge on any atom is -0.480 e. The SMILES string of the molecule is CC[C@H](C)[C@H](NC(=O)[C@@H]1CCCN1C(=O)[C@H](CS)NC(=O)[C@H](CC(C)C)NC(=O)[C@@H](N)CCC(N)=O)C(=O)N[C@@H](CS)C(=O)N[C@@H](CCCN=C(N)N)C(=O)N[C@@H](C)C(=O)N1CCC[C@H]1C(=O)N[C@H](C(=O)O)C(C)C. The van der Waals surface area contributed by atoms with E-state index in [1.165, 1.54) is 16.7 Å². The summed E-state index contributed by atoms with van der Waals surface area (Å²) >= 11 is 8.62. The fourth-order valence-electron chi connectivity index (χ4n) is 8.51. The van der Waals surface area contributed by atoms with Gasteiger partial charge in [0.15, 0.2) is 5.96 Å². The van der Waals surface area contributed by atoms with Crippen molar-refractivity contribution in [2.45, 2.75) is 173 Å². The molecule has 0 bridgehead atoms. The first kappa shape index (κ1) is 65.2. The zero-order valence-corrected chi connectivity index (χ0v) is 45.9. The minimum absolute atomic E-state index is 0.0353. The standard InChI is InChI=1S/C47H82N14O12S2/c1-8-25(6)36(59-42(68)33-14-11-19-61(33)45(71)31(22-75)57-39(65)29(20-23(2)3)55-37(63)27(48)15-16-34(49)62)43(69)56-30(21-74)40(66)54-28(12-9-17-52-47(50)51)38(64)53-26(7)44(70)60-18-10-13-32(60)41(67)58-35(24(4)5)46(72)73/h23-33,35-36,74-75H,8-22,48H2,1-7H3,(H2,49,62)(H,53,64)(H,54,66)(H,55,63)(H,56,69)(H,57,65)(H,58,67)(H,59,68)(H,72,73)(H4,50,51,52)/t25-,26-,27-,28-,29-,30-,31-,32-,33-,35-,36-/m0/s1. The lowest BCUT2D eigenvalue weighted by molar-refractivity contribution is -0.145. The number of rotatable bonds is 31. The smallest absolute Gasteiger partial charge is 0.326 e. The van der Waals surface area contributed by atoms with E-state index in [2.05, 4.69) is 67.5 Å². The van der Waals surface area contributed by atoms with Crippen LogP contribution < -0.4 is 60.2 Å². The molecule has 75 heavy (non-hydrogen) atoms. The Morgan fingerprint density at radius 1 is 0.627 bits per heavy atom. The van der Waals surface area contributed by atoms with Gasteiger partial charge in [-0.25, -0.2) is 4.79 Å². The van der Waals surface area contributed by atoms with Gasteiger partial charge in [-0.05, 0) is 76.0 Å². The van der Waals surface area contributed by atoms with Crippen molar-refractivity contribution >= 4 is 96.3 Å². The van der Waals surface area contributed by atoms with Crippen LogP contribution in [-0.4, -0.2) is 177 Å². The minimum atomic E-state index is -1.36. The van der Waals surface area contributed by atoms with Gasteiger partial charge in [-0.1, -0.05) is 48.0 Å². The monoisotopic (exact) mass is 1100 g/mol. The van der Waals surface area contributed by atoms with Crippen LogP contribution in [0.1, 0.15) is 113 Å². The lowest BCUT2D eigenvalue weighted by atomic mass is 9.97. The van der Waals surface area contributed by atoms with Gasteiger partial charge in [0.1, 0.15) is 54.4 Å². The highest BCUT2D eigenvalue weighted by Gasteiger charge is 2.42. The van der Waals surface area contributed by atoms with Gasteiger partial charge in [-0.3, -0.25) is 52.9 Å². The molecule has 0 radical (unpaired) electrons. The van der Waals surface area contributed by atoms with E-state index in [9.17, 15) is 57.8 Å². The van der Waals surface area contributed by atoms with Crippen molar-refractivity contribution in [3.05, 3.63) is 0 Å². The summed E-state index contributed by atoms with van der Waals surface area (Å²) in [4.78, 5) is 153. The topological polar surface area (TPSA) is 415 Å². The molecule has 0 aromatic heterocycles. The second kappa shape index (κ2) is 31.9. The van der Waals surface area contributed by atoms with E-state index in [0.29, 0.717) is 19.3 Å². The molecule has 2 heterocycles. The Morgan fingerprint density at radius 2 is 1.12 bits per heavy atom. The van der Waals surface area contributed by atoms with E-state index >= 15 is 0 Å². The number of nitrogens with zero attached hydrogens (tertiary/aromatic N) is 3. The van der Waals surface area contributed by atoms with Crippen molar-refractivity contribution < 1.29 is 57.8 Å². The summed E-state index contributed by atoms with van der Waals surface area (Å²) in [5, 5.41) is 27.9. The van der Waals surface area contributed by atoms with Crippen LogP contribution in [-0.2, 0) is 52.7 Å². The molecule has 2 aliphatic heterocycles. The van der Waals surface area contributed by atoms with Gasteiger partial charge < -0.3 is 75.1 Å². The number of aliphatic carboxylic acids is 1. The number of carbonyl (C=O) groups excluding carboxylic acids is 10. The Balaban J connectivity index is 2.24. The Hall–Kier alpha value is -5.90. The van der Waals surface area contributed by atoms with E-state index in [1.54, 1.807) is 27.7 Å². The second-order valence-corrected chi connectivity index (χ2v) is 20.6. The molecule has 2 rings (SSSR count). The summed E-state index contributed by atoms with van der Waals surface area (Å²) in [7, 11) is 0. The van der Waals surface area contributed by atoms with E-state index in [-0.39, 0.29) is 88.0 Å². The van der Waals surface area contributed by atoms with E-state index in [4.69, 9.17) is 22.9 Å². The molecule has 10 amide bonds. The Morgan fingerprint density at radius 3 is 1.61 bits per heavy atom. The van der Waals surface area contributed by atoms with Crippen molar-refractivity contribution in [3.8, 4) is 0 Å². The highest BCUT2D eigenvalue weighted by Crippen LogP contribution is 2.22. The maximum Gasteiger partial charge on any atom is 0.326 e. The van der Waals surface area contributed by atoms with Gasteiger partial charge >= 0.3 is 5.97 Å². The Kier molecular flexibility index (Phi) is 27.7. The first-order valence-electron chi connectivity index (χ1n) is 25.5. The molecule has 26 nitrogen and oxygen atoms in total. The molecule has 2 fully saturated rings. The highest BCUT2D eigenvalue weighted by molar-refractivity contribution is 7.80. The number of primary amides is 1. The predicted molar refractivity (Wildman–Crippen MR) is 284 cm³/mol. The summed E-state index contributed by atoms with van der Waals surface area (Å²) < 4.78 is 0. The summed E-state index contributed by atoms with van der Waals surface area (Å²) in [5.74, 6) is -9.87. The number of aliphatic imine (C=N–C) groups is 1. The van der Waals surface area contributed by atoms with Crippen molar-refractivity contribution in [2.75, 3.05) is 31.1 Å². The molecule has 424 valence electrons. The van der Waals surface area contributed by atoms with Crippen molar-refractivity contribution in [1.29, 1.82) is 0 Å². The maximum atomic E-state index is 14.1. The molecular formula is C47H82N14O12S2. The highest BCUT2D eigenvalue weighted by atomic mass is 32.1. The van der Waals surface area contributed by atoms with Crippen LogP contribution in [0.3, 0.4) is 0 Å². The van der Waals surface area contributed by atoms with E-state index in [0.717, 1.165) is 0 Å². The molecule has 2 saturated heterocycles. The normalized spacial score (nSPS) is 18.9. The first-order valence-corrected chi connectivity index (χ1v) is 26.7. The van der Waals surface area contributed by atoms with Crippen LogP contribution in [0.25, 0.3) is 0 Å². The number of hydrogen-bond acceptors (Lipinski definition) is 15. The largest absolute Gasteiger partial charge is 0.480 e. The zero-order chi connectivity index (χ0) is 56.9. The number of carbonyl (C=O) groups is 11. The van der Waals surface area contributed by atoms with Crippen LogP contribution in [0.5, 0.6) is 0 Å². The number of guanidine groups is 1. The number of nitrogens with one attached hydrogen (secondary N) is 7. The van der Waals surface area contributed by atoms with Gasteiger partial charge in [0.25, 0.3) is 0 Å². The molecule has 0 spiro atoms. The molecule has 0 aromatic rings. The average Bonchev–Trinajstić information content (AvgIpc) is 4.05. The molecule has 0 saturated carbocycles. The number of thiol groups is 2. The van der Waals surface area contributed by atoms with Gasteiger partial charge in [0, 0.05) is 37.6 Å². The van der Waals surface area contributed by atoms with Crippen LogP contribution in [0.15, 0.2) is 4.99 Å². The first-order chi connectivity index (χ1) is 35.2. The van der Waals surface area contributed by atoms with Gasteiger partial charge in [-0.15, -0.1) is 0 Å². The quantitative estimate of drug-likeness (QED) is 0.0140. The van der Waals surface area contributed by atoms with Crippen LogP contribution in [0.4, 0.5) is 0 Å². The third-order valence-electron chi connectivity index (χ3n) is 13.0. The summed E-state index contributed by atoms with van der Waals surface area (Å²) in [6.45, 7) is 12.2. The molecule has 28 heteroatoms. The maximum absolute atomic E-state index is 14.1. The Labute approximate surface area is 449 Å². The summed E-state index contributed by atoms with van der Waals surface area (Å²) in [6.07, 6.45) is 1.88. The number of hydrogen-bond donors (Lipinski definition) is 14. The molecule has 0 aliphatic carbocycles. The van der Waals surface area contributed by atoms with Crippen LogP contribution in [0, 0.1) is 17.8 Å². The summed E-state index contributed by atoms with van der Waals surface area (Å²) in [5.41, 5.74) is 22.1. The Bertz CT molecular complexity index is 2060. The molecule has 0 unspecified atom stereocenters. The van der Waals surface area contributed by atoms with Crippen LogP contribution >= 0.6 is 25.3 Å². The van der Waals surface area contributed by atoms with Gasteiger partial charge in [-0.2, -0.15) is 25.3 Å². The van der Waals surface area contributed by atoms with Crippen molar-refractivity contribution in [1.82, 2.24) is 47.0 Å². The van der Waals surface area contributed by atoms with Crippen LogP contribution in [0.2, 0.25) is 0 Å². The number of amides is 10. The molecular weight excluding hydrogens is 1020 g/mol. The van der Waals surface area contributed by atoms with Gasteiger partial charge in [0.05, 0.1) is 6.04 Å². The molecule has 11 atom stereocenters.